The molecular formula is C14H22N2O3. The normalized spacial score (nSPS) is 33.5. The number of fused-ring (bicyclic) bond motifs is 1. The molecule has 1 aliphatic heterocycles. The molecule has 3 aliphatic rings. The molecule has 0 spiro atoms. The summed E-state index contributed by atoms with van der Waals surface area (Å²) in [6, 6.07) is -0.581. The van der Waals surface area contributed by atoms with Gasteiger partial charge in [0.05, 0.1) is 6.54 Å². The first-order valence-electron chi connectivity index (χ1n) is 7.40. The first-order valence-corrected chi connectivity index (χ1v) is 7.40. The Morgan fingerprint density at radius 2 is 2.00 bits per heavy atom. The van der Waals surface area contributed by atoms with Crippen LogP contribution in [0.1, 0.15) is 32.1 Å². The summed E-state index contributed by atoms with van der Waals surface area (Å²) in [5.41, 5.74) is 0. The molecule has 2 N–H and O–H groups in total. The van der Waals surface area contributed by atoms with Crippen LogP contribution in [0.3, 0.4) is 0 Å². The van der Waals surface area contributed by atoms with Gasteiger partial charge in [0.1, 0.15) is 6.04 Å². The third-order valence-corrected chi connectivity index (χ3v) is 4.87. The highest BCUT2D eigenvalue weighted by molar-refractivity contribution is 5.85. The molecule has 2 saturated carbocycles. The molecule has 1 amide bonds. The molecule has 0 radical (unpaired) electrons. The Bertz CT molecular complexity index is 381. The van der Waals surface area contributed by atoms with Crippen LogP contribution in [0.4, 0.5) is 0 Å². The maximum atomic E-state index is 12.2. The maximum absolute atomic E-state index is 12.2. The summed E-state index contributed by atoms with van der Waals surface area (Å²) in [5, 5.41) is 12.6. The van der Waals surface area contributed by atoms with Gasteiger partial charge in [0.15, 0.2) is 0 Å². The molecule has 3 rings (SSSR count). The van der Waals surface area contributed by atoms with E-state index in [1.54, 1.807) is 4.90 Å². The van der Waals surface area contributed by atoms with E-state index in [1.807, 2.05) is 0 Å². The molecule has 1 saturated heterocycles. The predicted octanol–water partition coefficient (Wildman–Crippen LogP) is 0.698. The number of aliphatic carboxylic acids is 1. The fraction of sp³-hybridized carbons (Fsp3) is 0.857. The quantitative estimate of drug-likeness (QED) is 0.768. The molecule has 5 nitrogen and oxygen atoms in total. The van der Waals surface area contributed by atoms with Gasteiger partial charge in [-0.1, -0.05) is 6.42 Å². The van der Waals surface area contributed by atoms with Crippen molar-refractivity contribution in [2.45, 2.75) is 38.1 Å². The van der Waals surface area contributed by atoms with Gasteiger partial charge in [0, 0.05) is 6.54 Å². The van der Waals surface area contributed by atoms with Crippen molar-refractivity contribution in [3.05, 3.63) is 0 Å². The number of nitrogens with one attached hydrogen (secondary N) is 1. The molecule has 19 heavy (non-hydrogen) atoms. The van der Waals surface area contributed by atoms with Crippen molar-refractivity contribution in [2.75, 3.05) is 19.6 Å². The number of rotatable bonds is 5. The first-order chi connectivity index (χ1) is 9.16. The Balaban J connectivity index is 1.58. The zero-order valence-corrected chi connectivity index (χ0v) is 11.2. The third kappa shape index (κ3) is 2.61. The fourth-order valence-electron chi connectivity index (χ4n) is 3.69. The summed E-state index contributed by atoms with van der Waals surface area (Å²) in [4.78, 5) is 25.2. The molecule has 3 unspecified atom stereocenters. The number of hydrogen-bond donors (Lipinski definition) is 2. The van der Waals surface area contributed by atoms with Gasteiger partial charge in [-0.2, -0.15) is 0 Å². The molecule has 5 heteroatoms. The highest BCUT2D eigenvalue weighted by Gasteiger charge is 2.49. The predicted molar refractivity (Wildman–Crippen MR) is 69.6 cm³/mol. The Morgan fingerprint density at radius 1 is 1.21 bits per heavy atom. The van der Waals surface area contributed by atoms with Crippen LogP contribution in [-0.2, 0) is 9.59 Å². The van der Waals surface area contributed by atoms with Gasteiger partial charge in [-0.3, -0.25) is 4.79 Å². The Hall–Kier alpha value is -1.10. The Kier molecular flexibility index (Phi) is 3.48. The van der Waals surface area contributed by atoms with Gasteiger partial charge in [-0.05, 0) is 50.0 Å². The number of likely N-dealkylation sites (tertiary alicyclic amines) is 1. The van der Waals surface area contributed by atoms with Crippen molar-refractivity contribution in [3.63, 3.8) is 0 Å². The van der Waals surface area contributed by atoms with Crippen molar-refractivity contribution in [2.24, 2.45) is 17.8 Å². The second-order valence-corrected chi connectivity index (χ2v) is 6.26. The topological polar surface area (TPSA) is 69.6 Å². The molecule has 0 aromatic rings. The van der Waals surface area contributed by atoms with E-state index in [-0.39, 0.29) is 11.8 Å². The van der Waals surface area contributed by atoms with E-state index in [9.17, 15) is 14.7 Å². The van der Waals surface area contributed by atoms with Crippen LogP contribution in [0, 0.1) is 17.8 Å². The number of carboxylic acids is 1. The van der Waals surface area contributed by atoms with E-state index in [2.05, 4.69) is 5.32 Å². The van der Waals surface area contributed by atoms with E-state index >= 15 is 0 Å². The van der Waals surface area contributed by atoms with E-state index < -0.39 is 12.0 Å². The lowest BCUT2D eigenvalue weighted by Crippen LogP contribution is -2.46. The van der Waals surface area contributed by atoms with Crippen LogP contribution < -0.4 is 5.32 Å². The molecule has 2 aliphatic carbocycles. The molecule has 0 bridgehead atoms. The van der Waals surface area contributed by atoms with Gasteiger partial charge in [0.25, 0.3) is 0 Å². The summed E-state index contributed by atoms with van der Waals surface area (Å²) in [6.07, 6.45) is 5.66. The Morgan fingerprint density at radius 3 is 2.68 bits per heavy atom. The van der Waals surface area contributed by atoms with Crippen LogP contribution in [-0.4, -0.2) is 47.6 Å². The monoisotopic (exact) mass is 266 g/mol. The lowest BCUT2D eigenvalue weighted by Gasteiger charge is -2.24. The number of amides is 1. The van der Waals surface area contributed by atoms with E-state index in [4.69, 9.17) is 0 Å². The zero-order chi connectivity index (χ0) is 13.4. The van der Waals surface area contributed by atoms with Crippen molar-refractivity contribution in [1.29, 1.82) is 0 Å². The molecule has 1 heterocycles. The van der Waals surface area contributed by atoms with Crippen LogP contribution >= 0.6 is 0 Å². The average Bonchev–Trinajstić information content (AvgIpc) is 2.94. The van der Waals surface area contributed by atoms with Crippen LogP contribution in [0.2, 0.25) is 0 Å². The average molecular weight is 266 g/mol. The summed E-state index contributed by atoms with van der Waals surface area (Å²) < 4.78 is 0. The summed E-state index contributed by atoms with van der Waals surface area (Å²) >= 11 is 0. The van der Waals surface area contributed by atoms with Gasteiger partial charge >= 0.3 is 5.97 Å². The summed E-state index contributed by atoms with van der Waals surface area (Å²) in [5.74, 6) is 0.465. The van der Waals surface area contributed by atoms with Crippen molar-refractivity contribution in [3.8, 4) is 0 Å². The summed E-state index contributed by atoms with van der Waals surface area (Å²) in [6.45, 7) is 1.83. The van der Waals surface area contributed by atoms with Gasteiger partial charge < -0.3 is 15.3 Å². The van der Waals surface area contributed by atoms with Gasteiger partial charge in [-0.25, -0.2) is 4.79 Å². The SMILES string of the molecule is O=C(O)C1C2CCCC2CN1C(=O)CNCC1CC1. The standard InChI is InChI=1S/C14H22N2O3/c17-12(7-15-6-9-4-5-9)16-8-10-2-1-3-11(10)13(16)14(18)19/h9-11,13,15H,1-8H2,(H,18,19). The third-order valence-electron chi connectivity index (χ3n) is 4.87. The lowest BCUT2D eigenvalue weighted by molar-refractivity contribution is -0.149. The van der Waals surface area contributed by atoms with Crippen molar-refractivity contribution < 1.29 is 14.7 Å². The molecule has 0 aromatic heterocycles. The molecular weight excluding hydrogens is 244 g/mol. The number of nitrogens with zero attached hydrogens (tertiary/aromatic N) is 1. The Labute approximate surface area is 113 Å². The largest absolute Gasteiger partial charge is 0.480 e. The number of carbonyl (C=O) groups is 2. The number of carboxylic acid groups (broad SMARTS) is 1. The second kappa shape index (κ2) is 5.12. The highest BCUT2D eigenvalue weighted by atomic mass is 16.4. The second-order valence-electron chi connectivity index (χ2n) is 6.26. The van der Waals surface area contributed by atoms with E-state index in [1.165, 1.54) is 12.8 Å². The van der Waals surface area contributed by atoms with E-state index in [0.29, 0.717) is 19.0 Å². The van der Waals surface area contributed by atoms with Gasteiger partial charge in [-0.15, -0.1) is 0 Å². The maximum Gasteiger partial charge on any atom is 0.326 e. The number of hydrogen-bond acceptors (Lipinski definition) is 3. The van der Waals surface area contributed by atoms with Crippen LogP contribution in [0.5, 0.6) is 0 Å². The van der Waals surface area contributed by atoms with Crippen LogP contribution in [0.15, 0.2) is 0 Å². The fourth-order valence-corrected chi connectivity index (χ4v) is 3.69. The summed E-state index contributed by atoms with van der Waals surface area (Å²) in [7, 11) is 0. The molecule has 3 atom stereocenters. The van der Waals surface area contributed by atoms with Crippen molar-refractivity contribution in [1.82, 2.24) is 10.2 Å². The van der Waals surface area contributed by atoms with Crippen LogP contribution in [0.25, 0.3) is 0 Å². The van der Waals surface area contributed by atoms with E-state index in [0.717, 1.165) is 31.7 Å². The lowest BCUT2D eigenvalue weighted by atomic mass is 9.94. The minimum Gasteiger partial charge on any atom is -0.480 e. The molecule has 3 fully saturated rings. The smallest absolute Gasteiger partial charge is 0.326 e. The van der Waals surface area contributed by atoms with Gasteiger partial charge in [0.2, 0.25) is 5.91 Å². The zero-order valence-electron chi connectivity index (χ0n) is 11.2. The minimum absolute atomic E-state index is 0.0394. The number of carbonyl (C=O) groups excluding carboxylic acids is 1. The highest BCUT2D eigenvalue weighted by Crippen LogP contribution is 2.42. The molecule has 106 valence electrons. The molecule has 0 aromatic carbocycles. The minimum atomic E-state index is -0.829. The first kappa shape index (κ1) is 12.9. The van der Waals surface area contributed by atoms with Crippen molar-refractivity contribution >= 4 is 11.9 Å².